The monoisotopic (exact) mass is 381 g/mol. The van der Waals surface area contributed by atoms with E-state index in [9.17, 15) is 4.79 Å². The molecular formula is C21H20ClN3O2. The highest BCUT2D eigenvalue weighted by atomic mass is 35.5. The van der Waals surface area contributed by atoms with Crippen molar-refractivity contribution < 1.29 is 9.53 Å². The third-order valence-electron chi connectivity index (χ3n) is 4.05. The van der Waals surface area contributed by atoms with Crippen molar-refractivity contribution in [1.82, 2.24) is 10.3 Å². The van der Waals surface area contributed by atoms with E-state index in [1.165, 1.54) is 0 Å². The quantitative estimate of drug-likeness (QED) is 0.641. The Morgan fingerprint density at radius 3 is 2.59 bits per heavy atom. The molecule has 3 rings (SSSR count). The molecule has 0 unspecified atom stereocenters. The summed E-state index contributed by atoms with van der Waals surface area (Å²) in [6, 6.07) is 18.8. The molecule has 0 spiro atoms. The van der Waals surface area contributed by atoms with E-state index in [1.807, 2.05) is 48.5 Å². The second-order valence-electron chi connectivity index (χ2n) is 5.91. The second kappa shape index (κ2) is 9.05. The molecule has 2 aromatic carbocycles. The number of benzene rings is 2. The smallest absolute Gasteiger partial charge is 0.270 e. The lowest BCUT2D eigenvalue weighted by molar-refractivity contribution is 0.0946. The normalized spacial score (nSPS) is 10.3. The van der Waals surface area contributed by atoms with Crippen LogP contribution in [-0.4, -0.2) is 18.0 Å². The van der Waals surface area contributed by atoms with Crippen molar-refractivity contribution in [2.75, 3.05) is 12.4 Å². The van der Waals surface area contributed by atoms with Gasteiger partial charge in [0.05, 0.1) is 7.11 Å². The van der Waals surface area contributed by atoms with Gasteiger partial charge in [-0.1, -0.05) is 41.9 Å². The summed E-state index contributed by atoms with van der Waals surface area (Å²) in [4.78, 5) is 16.5. The minimum atomic E-state index is -0.247. The van der Waals surface area contributed by atoms with Crippen LogP contribution in [0.3, 0.4) is 0 Å². The lowest BCUT2D eigenvalue weighted by Crippen LogP contribution is -2.24. The fourth-order valence-corrected chi connectivity index (χ4v) is 2.72. The number of pyridine rings is 1. The van der Waals surface area contributed by atoms with E-state index in [0.29, 0.717) is 23.8 Å². The number of amides is 1. The largest absolute Gasteiger partial charge is 0.497 e. The van der Waals surface area contributed by atoms with Crippen molar-refractivity contribution in [1.29, 1.82) is 0 Å². The number of hydrogen-bond donors (Lipinski definition) is 2. The summed E-state index contributed by atoms with van der Waals surface area (Å²) in [6.07, 6.45) is 1.61. The van der Waals surface area contributed by atoms with Gasteiger partial charge in [-0.25, -0.2) is 0 Å². The minimum absolute atomic E-state index is 0.247. The molecule has 1 amide bonds. The van der Waals surface area contributed by atoms with Crippen LogP contribution in [0.15, 0.2) is 66.9 Å². The van der Waals surface area contributed by atoms with Gasteiger partial charge in [0.2, 0.25) is 0 Å². The molecule has 1 heterocycles. The molecule has 5 nitrogen and oxygen atoms in total. The van der Waals surface area contributed by atoms with Crippen LogP contribution >= 0.6 is 11.6 Å². The molecule has 0 aliphatic rings. The summed E-state index contributed by atoms with van der Waals surface area (Å²) in [7, 11) is 1.64. The van der Waals surface area contributed by atoms with Crippen molar-refractivity contribution in [2.45, 2.75) is 13.1 Å². The van der Waals surface area contributed by atoms with Crippen LogP contribution in [0.1, 0.15) is 21.6 Å². The summed E-state index contributed by atoms with van der Waals surface area (Å²) in [6.45, 7) is 0.985. The number of nitrogens with zero attached hydrogens (tertiary/aromatic N) is 1. The molecule has 0 aliphatic heterocycles. The molecule has 0 bridgehead atoms. The lowest BCUT2D eigenvalue weighted by Gasteiger charge is -2.10. The van der Waals surface area contributed by atoms with E-state index >= 15 is 0 Å². The van der Waals surface area contributed by atoms with E-state index < -0.39 is 0 Å². The zero-order valence-corrected chi connectivity index (χ0v) is 15.7. The van der Waals surface area contributed by atoms with E-state index in [2.05, 4.69) is 15.6 Å². The van der Waals surface area contributed by atoms with Crippen molar-refractivity contribution in [2.24, 2.45) is 0 Å². The fraction of sp³-hybridized carbons (Fsp3) is 0.143. The maximum Gasteiger partial charge on any atom is 0.270 e. The fourth-order valence-electron chi connectivity index (χ4n) is 2.52. The van der Waals surface area contributed by atoms with Gasteiger partial charge in [0.25, 0.3) is 5.91 Å². The van der Waals surface area contributed by atoms with E-state index in [4.69, 9.17) is 16.3 Å². The van der Waals surface area contributed by atoms with Crippen LogP contribution < -0.4 is 15.4 Å². The number of halogens is 1. The number of aromatic nitrogens is 1. The molecule has 2 N–H and O–H groups in total. The van der Waals surface area contributed by atoms with E-state index in [1.54, 1.807) is 25.4 Å². The standard InChI is InChI=1S/C21H20ClN3O2/c1-27-18-8-6-15(7-9-18)13-24-17-10-11-23-20(12-17)21(26)25-14-16-4-2-3-5-19(16)22/h2-12H,13-14H2,1H3,(H,23,24)(H,25,26). The number of hydrogen-bond acceptors (Lipinski definition) is 4. The van der Waals surface area contributed by atoms with E-state index in [0.717, 1.165) is 22.6 Å². The molecule has 27 heavy (non-hydrogen) atoms. The number of anilines is 1. The highest BCUT2D eigenvalue weighted by Crippen LogP contribution is 2.16. The molecule has 0 fully saturated rings. The average Bonchev–Trinajstić information content (AvgIpc) is 2.72. The lowest BCUT2D eigenvalue weighted by atomic mass is 10.2. The summed E-state index contributed by atoms with van der Waals surface area (Å²) in [5.74, 6) is 0.572. The molecule has 0 aliphatic carbocycles. The summed E-state index contributed by atoms with van der Waals surface area (Å²) >= 11 is 6.11. The Kier molecular flexibility index (Phi) is 6.28. The second-order valence-corrected chi connectivity index (χ2v) is 6.31. The molecule has 138 valence electrons. The summed E-state index contributed by atoms with van der Waals surface area (Å²) in [5.41, 5.74) is 3.14. The maximum absolute atomic E-state index is 12.4. The van der Waals surface area contributed by atoms with Crippen LogP contribution in [0, 0.1) is 0 Å². The number of rotatable bonds is 7. The van der Waals surface area contributed by atoms with Gasteiger partial charge in [0.1, 0.15) is 11.4 Å². The van der Waals surface area contributed by atoms with Crippen LogP contribution in [-0.2, 0) is 13.1 Å². The first kappa shape index (κ1) is 18.7. The molecule has 0 atom stereocenters. The van der Waals surface area contributed by atoms with Gasteiger partial charge >= 0.3 is 0 Å². The predicted molar refractivity (Wildman–Crippen MR) is 107 cm³/mol. The highest BCUT2D eigenvalue weighted by molar-refractivity contribution is 6.31. The number of ether oxygens (including phenoxy) is 1. The summed E-state index contributed by atoms with van der Waals surface area (Å²) in [5, 5.41) is 6.76. The Morgan fingerprint density at radius 1 is 1.07 bits per heavy atom. The predicted octanol–water partition coefficient (Wildman–Crippen LogP) is 4.29. The first-order valence-electron chi connectivity index (χ1n) is 8.50. The van der Waals surface area contributed by atoms with Crippen LogP contribution in [0.25, 0.3) is 0 Å². The van der Waals surface area contributed by atoms with Gasteiger partial charge in [0.15, 0.2) is 0 Å². The number of nitrogens with one attached hydrogen (secondary N) is 2. The zero-order chi connectivity index (χ0) is 19.1. The summed E-state index contributed by atoms with van der Waals surface area (Å²) < 4.78 is 5.15. The minimum Gasteiger partial charge on any atom is -0.497 e. The SMILES string of the molecule is COc1ccc(CNc2ccnc(C(=O)NCc3ccccc3Cl)c2)cc1. The highest BCUT2D eigenvalue weighted by Gasteiger charge is 2.09. The molecule has 1 aromatic heterocycles. The Bertz CT molecular complexity index is 913. The number of carbonyl (C=O) groups is 1. The van der Waals surface area contributed by atoms with Gasteiger partial charge < -0.3 is 15.4 Å². The van der Waals surface area contributed by atoms with Gasteiger partial charge in [0, 0.05) is 30.0 Å². The van der Waals surface area contributed by atoms with E-state index in [-0.39, 0.29) is 5.91 Å². The first-order chi connectivity index (χ1) is 13.2. The van der Waals surface area contributed by atoms with Gasteiger partial charge in [-0.05, 0) is 41.5 Å². The van der Waals surface area contributed by atoms with Crippen molar-refractivity contribution in [3.8, 4) is 5.75 Å². The zero-order valence-electron chi connectivity index (χ0n) is 14.9. The van der Waals surface area contributed by atoms with Crippen LogP contribution in [0.2, 0.25) is 5.02 Å². The topological polar surface area (TPSA) is 63.2 Å². The molecule has 0 radical (unpaired) electrons. The van der Waals surface area contributed by atoms with Gasteiger partial charge in [-0.2, -0.15) is 0 Å². The Labute approximate surface area is 163 Å². The third-order valence-corrected chi connectivity index (χ3v) is 4.41. The molecule has 6 heteroatoms. The third kappa shape index (κ3) is 5.21. The maximum atomic E-state index is 12.4. The Balaban J connectivity index is 1.58. The Morgan fingerprint density at radius 2 is 1.85 bits per heavy atom. The molecule has 0 saturated carbocycles. The average molecular weight is 382 g/mol. The molecule has 3 aromatic rings. The van der Waals surface area contributed by atoms with Gasteiger partial charge in [-0.15, -0.1) is 0 Å². The molecular weight excluding hydrogens is 362 g/mol. The Hall–Kier alpha value is -3.05. The van der Waals surface area contributed by atoms with Crippen molar-refractivity contribution in [3.05, 3.63) is 88.7 Å². The number of methoxy groups -OCH3 is 1. The van der Waals surface area contributed by atoms with Crippen LogP contribution in [0.5, 0.6) is 5.75 Å². The van der Waals surface area contributed by atoms with Crippen molar-refractivity contribution in [3.63, 3.8) is 0 Å². The van der Waals surface area contributed by atoms with Crippen LogP contribution in [0.4, 0.5) is 5.69 Å². The first-order valence-corrected chi connectivity index (χ1v) is 8.88. The molecule has 0 saturated heterocycles. The van der Waals surface area contributed by atoms with Gasteiger partial charge in [-0.3, -0.25) is 9.78 Å². The van der Waals surface area contributed by atoms with Crippen molar-refractivity contribution >= 4 is 23.2 Å². The number of carbonyl (C=O) groups excluding carboxylic acids is 1.